The Morgan fingerprint density at radius 1 is 1.05 bits per heavy atom. The van der Waals surface area contributed by atoms with Crippen LogP contribution in [-0.4, -0.2) is 30.0 Å². The SMILES string of the molecule is CN(C)c1ccc(NC(=O)c2cccc3[nH]c(=O)[nH]c23)cc1. The smallest absolute Gasteiger partial charge is 0.323 e. The second kappa shape index (κ2) is 5.40. The highest BCUT2D eigenvalue weighted by Gasteiger charge is 2.12. The van der Waals surface area contributed by atoms with Gasteiger partial charge in [-0.15, -0.1) is 0 Å². The van der Waals surface area contributed by atoms with Crippen LogP contribution in [0.25, 0.3) is 11.0 Å². The third kappa shape index (κ3) is 2.58. The van der Waals surface area contributed by atoms with E-state index in [2.05, 4.69) is 15.3 Å². The molecule has 3 N–H and O–H groups in total. The molecule has 6 nitrogen and oxygen atoms in total. The maximum Gasteiger partial charge on any atom is 0.323 e. The molecule has 0 fully saturated rings. The summed E-state index contributed by atoms with van der Waals surface area (Å²) in [6.45, 7) is 0. The van der Waals surface area contributed by atoms with Crippen LogP contribution in [0.3, 0.4) is 0 Å². The highest BCUT2D eigenvalue weighted by Crippen LogP contribution is 2.18. The number of rotatable bonds is 3. The van der Waals surface area contributed by atoms with Crippen molar-refractivity contribution in [2.75, 3.05) is 24.3 Å². The molecule has 0 unspecified atom stereocenters. The van der Waals surface area contributed by atoms with Crippen LogP contribution >= 0.6 is 0 Å². The number of amides is 1. The zero-order chi connectivity index (χ0) is 15.7. The minimum atomic E-state index is -0.328. The van der Waals surface area contributed by atoms with Gasteiger partial charge in [-0.1, -0.05) is 6.07 Å². The summed E-state index contributed by atoms with van der Waals surface area (Å²) in [7, 11) is 3.91. The Labute approximate surface area is 126 Å². The van der Waals surface area contributed by atoms with Crippen molar-refractivity contribution in [3.8, 4) is 0 Å². The summed E-state index contributed by atoms with van der Waals surface area (Å²) in [5.41, 5.74) is 2.97. The van der Waals surface area contributed by atoms with Crippen LogP contribution in [0.5, 0.6) is 0 Å². The number of fused-ring (bicyclic) bond motifs is 1. The minimum absolute atomic E-state index is 0.265. The molecule has 112 valence electrons. The lowest BCUT2D eigenvalue weighted by Gasteiger charge is -2.13. The van der Waals surface area contributed by atoms with Gasteiger partial charge in [-0.2, -0.15) is 0 Å². The Morgan fingerprint density at radius 2 is 1.77 bits per heavy atom. The standard InChI is InChI=1S/C16H16N4O2/c1-20(2)11-8-6-10(7-9-11)17-15(21)12-4-3-5-13-14(12)19-16(22)18-13/h3-9H,1-2H3,(H,17,21)(H2,18,19,22). The van der Waals surface area contributed by atoms with Crippen molar-refractivity contribution < 1.29 is 4.79 Å². The molecule has 0 aliphatic heterocycles. The average Bonchev–Trinajstić information content (AvgIpc) is 2.87. The van der Waals surface area contributed by atoms with Crippen LogP contribution in [0.1, 0.15) is 10.4 Å². The first-order valence-electron chi connectivity index (χ1n) is 6.84. The Hall–Kier alpha value is -3.02. The molecule has 0 atom stereocenters. The van der Waals surface area contributed by atoms with E-state index in [9.17, 15) is 9.59 Å². The number of anilines is 2. The van der Waals surface area contributed by atoms with Gasteiger partial charge < -0.3 is 20.2 Å². The van der Waals surface area contributed by atoms with E-state index in [1.54, 1.807) is 18.2 Å². The number of aromatic amines is 2. The molecule has 1 aromatic heterocycles. The number of H-pyrrole nitrogens is 2. The zero-order valence-electron chi connectivity index (χ0n) is 12.3. The second-order valence-corrected chi connectivity index (χ2v) is 5.20. The molecule has 1 amide bonds. The Bertz CT molecular complexity index is 875. The van der Waals surface area contributed by atoms with Crippen molar-refractivity contribution in [1.82, 2.24) is 9.97 Å². The molecule has 3 rings (SSSR count). The zero-order valence-corrected chi connectivity index (χ0v) is 12.3. The van der Waals surface area contributed by atoms with E-state index in [-0.39, 0.29) is 11.6 Å². The number of carbonyl (C=O) groups excluding carboxylic acids is 1. The van der Waals surface area contributed by atoms with Gasteiger partial charge in [-0.05, 0) is 36.4 Å². The van der Waals surface area contributed by atoms with E-state index >= 15 is 0 Å². The fourth-order valence-electron chi connectivity index (χ4n) is 2.29. The van der Waals surface area contributed by atoms with Crippen molar-refractivity contribution in [2.45, 2.75) is 0 Å². The van der Waals surface area contributed by atoms with Gasteiger partial charge in [-0.25, -0.2) is 4.79 Å². The summed E-state index contributed by atoms with van der Waals surface area (Å²) < 4.78 is 0. The number of nitrogens with zero attached hydrogens (tertiary/aromatic N) is 1. The molecule has 22 heavy (non-hydrogen) atoms. The van der Waals surface area contributed by atoms with Gasteiger partial charge in [0.05, 0.1) is 16.6 Å². The first-order valence-corrected chi connectivity index (χ1v) is 6.84. The van der Waals surface area contributed by atoms with Crippen LogP contribution in [0.15, 0.2) is 47.3 Å². The summed E-state index contributed by atoms with van der Waals surface area (Å²) in [5.74, 6) is -0.265. The Balaban J connectivity index is 1.88. The van der Waals surface area contributed by atoms with Gasteiger partial charge >= 0.3 is 5.69 Å². The number of carbonyl (C=O) groups is 1. The molecule has 2 aromatic carbocycles. The quantitative estimate of drug-likeness (QED) is 0.693. The van der Waals surface area contributed by atoms with Crippen LogP contribution in [0.4, 0.5) is 11.4 Å². The summed E-state index contributed by atoms with van der Waals surface area (Å²) in [6.07, 6.45) is 0. The molecule has 0 radical (unpaired) electrons. The Morgan fingerprint density at radius 3 is 2.45 bits per heavy atom. The molecule has 1 heterocycles. The summed E-state index contributed by atoms with van der Waals surface area (Å²) in [6, 6.07) is 12.7. The molecular formula is C16H16N4O2. The molecular weight excluding hydrogens is 280 g/mol. The molecule has 0 aliphatic rings. The number of benzene rings is 2. The monoisotopic (exact) mass is 296 g/mol. The van der Waals surface area contributed by atoms with Gasteiger partial charge in [0.25, 0.3) is 5.91 Å². The fourth-order valence-corrected chi connectivity index (χ4v) is 2.29. The lowest BCUT2D eigenvalue weighted by Crippen LogP contribution is -2.13. The largest absolute Gasteiger partial charge is 0.378 e. The maximum absolute atomic E-state index is 12.4. The first kappa shape index (κ1) is 13.9. The van der Waals surface area contributed by atoms with Crippen molar-refractivity contribution in [2.24, 2.45) is 0 Å². The first-order chi connectivity index (χ1) is 10.5. The van der Waals surface area contributed by atoms with Crippen molar-refractivity contribution in [1.29, 1.82) is 0 Å². The normalized spacial score (nSPS) is 10.6. The van der Waals surface area contributed by atoms with E-state index < -0.39 is 0 Å². The van der Waals surface area contributed by atoms with E-state index in [0.717, 1.165) is 5.69 Å². The summed E-state index contributed by atoms with van der Waals surface area (Å²) >= 11 is 0. The van der Waals surface area contributed by atoms with Crippen LogP contribution in [0, 0.1) is 0 Å². The van der Waals surface area contributed by atoms with Crippen LogP contribution in [-0.2, 0) is 0 Å². The van der Waals surface area contributed by atoms with E-state index in [1.165, 1.54) is 0 Å². The topological polar surface area (TPSA) is 81.0 Å². The number of para-hydroxylation sites is 1. The van der Waals surface area contributed by atoms with Crippen molar-refractivity contribution in [3.63, 3.8) is 0 Å². The van der Waals surface area contributed by atoms with Crippen LogP contribution in [0.2, 0.25) is 0 Å². The highest BCUT2D eigenvalue weighted by molar-refractivity contribution is 6.11. The van der Waals surface area contributed by atoms with E-state index in [1.807, 2.05) is 43.3 Å². The predicted octanol–water partition coefficient (Wildman–Crippen LogP) is 2.17. The lowest BCUT2D eigenvalue weighted by atomic mass is 10.1. The fraction of sp³-hybridized carbons (Fsp3) is 0.125. The van der Waals surface area contributed by atoms with E-state index in [0.29, 0.717) is 22.3 Å². The molecule has 0 saturated carbocycles. The number of hydrogen-bond donors (Lipinski definition) is 3. The van der Waals surface area contributed by atoms with Gasteiger partial charge in [0.15, 0.2) is 0 Å². The molecule has 0 saturated heterocycles. The number of hydrogen-bond acceptors (Lipinski definition) is 3. The number of nitrogens with one attached hydrogen (secondary N) is 3. The van der Waals surface area contributed by atoms with Gasteiger partial charge in [0.2, 0.25) is 0 Å². The van der Waals surface area contributed by atoms with Crippen molar-refractivity contribution in [3.05, 3.63) is 58.5 Å². The number of aromatic nitrogens is 2. The molecule has 6 heteroatoms. The van der Waals surface area contributed by atoms with Crippen LogP contribution < -0.4 is 15.9 Å². The van der Waals surface area contributed by atoms with E-state index in [4.69, 9.17) is 0 Å². The third-order valence-electron chi connectivity index (χ3n) is 3.44. The number of imidazole rings is 1. The second-order valence-electron chi connectivity index (χ2n) is 5.20. The lowest BCUT2D eigenvalue weighted by molar-refractivity contribution is 0.102. The van der Waals surface area contributed by atoms with Gasteiger partial charge in [-0.3, -0.25) is 4.79 Å². The summed E-state index contributed by atoms with van der Waals surface area (Å²) in [5, 5.41) is 2.83. The van der Waals surface area contributed by atoms with Crippen molar-refractivity contribution >= 4 is 28.3 Å². The maximum atomic E-state index is 12.4. The molecule has 0 bridgehead atoms. The Kier molecular flexibility index (Phi) is 3.42. The van der Waals surface area contributed by atoms with Gasteiger partial charge in [0, 0.05) is 25.5 Å². The van der Waals surface area contributed by atoms with Gasteiger partial charge in [0.1, 0.15) is 0 Å². The average molecular weight is 296 g/mol. The molecule has 0 aliphatic carbocycles. The third-order valence-corrected chi connectivity index (χ3v) is 3.44. The molecule has 0 spiro atoms. The predicted molar refractivity (Wildman–Crippen MR) is 87.6 cm³/mol. The summed E-state index contributed by atoms with van der Waals surface area (Å²) in [4.78, 5) is 31.0. The highest BCUT2D eigenvalue weighted by atomic mass is 16.2. The molecule has 3 aromatic rings. The minimum Gasteiger partial charge on any atom is -0.378 e.